The highest BCUT2D eigenvalue weighted by atomic mass is 19.4. The summed E-state index contributed by atoms with van der Waals surface area (Å²) in [5.74, 6) is -0.227. The summed E-state index contributed by atoms with van der Waals surface area (Å²) in [6.07, 6.45) is -1.99. The van der Waals surface area contributed by atoms with E-state index in [-0.39, 0.29) is 17.3 Å². The van der Waals surface area contributed by atoms with E-state index in [1.807, 2.05) is 6.92 Å². The maximum atomic E-state index is 12.9. The Morgan fingerprint density at radius 1 is 1.33 bits per heavy atom. The summed E-state index contributed by atoms with van der Waals surface area (Å²) in [7, 11) is 1.38. The Balaban J connectivity index is 1.86. The van der Waals surface area contributed by atoms with Crippen molar-refractivity contribution in [2.45, 2.75) is 25.6 Å². The molecule has 130 valence electrons. The van der Waals surface area contributed by atoms with Gasteiger partial charge in [0.25, 0.3) is 0 Å². The van der Waals surface area contributed by atoms with Crippen molar-refractivity contribution in [1.82, 2.24) is 19.7 Å². The second-order valence-corrected chi connectivity index (χ2v) is 5.89. The Morgan fingerprint density at radius 3 is 2.58 bits per heavy atom. The first kappa shape index (κ1) is 16.5. The molecule has 2 aromatic rings. The molecule has 0 saturated carbocycles. The topological polar surface area (TPSA) is 76.9 Å². The van der Waals surface area contributed by atoms with Crippen molar-refractivity contribution >= 4 is 17.5 Å². The number of rotatable bonds is 4. The first-order valence-corrected chi connectivity index (χ1v) is 7.26. The lowest BCUT2D eigenvalue weighted by atomic mass is 10.0. The Morgan fingerprint density at radius 2 is 2.04 bits per heavy atom. The van der Waals surface area contributed by atoms with Crippen LogP contribution in [0.4, 0.5) is 30.6 Å². The minimum absolute atomic E-state index is 0.0602. The molecule has 3 rings (SSSR count). The van der Waals surface area contributed by atoms with Gasteiger partial charge in [0.2, 0.25) is 5.95 Å². The van der Waals surface area contributed by atoms with E-state index in [0.29, 0.717) is 24.6 Å². The number of ether oxygens (including phenoxy) is 1. The predicted octanol–water partition coefficient (Wildman–Crippen LogP) is 2.53. The number of hydrogen-bond donors (Lipinski definition) is 2. The van der Waals surface area contributed by atoms with Crippen LogP contribution in [0, 0.1) is 6.92 Å². The summed E-state index contributed by atoms with van der Waals surface area (Å²) >= 11 is 0. The molecule has 0 atom stereocenters. The molecule has 1 saturated heterocycles. The number of nitrogens with zero attached hydrogens (tertiary/aromatic N) is 4. The average Bonchev–Trinajstić information content (AvgIpc) is 2.85. The summed E-state index contributed by atoms with van der Waals surface area (Å²) < 4.78 is 45.6. The third-order valence-corrected chi connectivity index (χ3v) is 3.86. The van der Waals surface area contributed by atoms with Crippen molar-refractivity contribution < 1.29 is 17.9 Å². The SMILES string of the molecule is CNc1nc(Nc2cn(C3(C)COC3)nc2C)ncc1C(F)(F)F. The Kier molecular flexibility index (Phi) is 3.86. The maximum absolute atomic E-state index is 12.9. The van der Waals surface area contributed by atoms with Gasteiger partial charge < -0.3 is 15.4 Å². The van der Waals surface area contributed by atoms with Crippen LogP contribution in [0.25, 0.3) is 0 Å². The minimum atomic E-state index is -4.52. The molecule has 0 aliphatic carbocycles. The fourth-order valence-electron chi connectivity index (χ4n) is 2.35. The molecule has 1 aliphatic heterocycles. The molecule has 0 bridgehead atoms. The standard InChI is InChI=1S/C14H17F3N6O/c1-8-10(5-23(22-8)13(2)6-24-7-13)20-12-19-4-9(14(15,16)17)11(18-3)21-12/h4-5H,6-7H2,1-3H3,(H2,18,19,20,21). The van der Waals surface area contributed by atoms with Gasteiger partial charge in [-0.15, -0.1) is 0 Å². The number of alkyl halides is 3. The molecule has 0 radical (unpaired) electrons. The second-order valence-electron chi connectivity index (χ2n) is 5.89. The lowest BCUT2D eigenvalue weighted by molar-refractivity contribution is -0.137. The molecule has 1 fully saturated rings. The molecular weight excluding hydrogens is 325 g/mol. The molecule has 10 heteroatoms. The zero-order chi connectivity index (χ0) is 17.5. The summed E-state index contributed by atoms with van der Waals surface area (Å²) in [6.45, 7) is 4.94. The van der Waals surface area contributed by atoms with E-state index in [9.17, 15) is 13.2 Å². The summed E-state index contributed by atoms with van der Waals surface area (Å²) in [5.41, 5.74) is 0.201. The first-order chi connectivity index (χ1) is 11.2. The van der Waals surface area contributed by atoms with Crippen LogP contribution in [0.15, 0.2) is 12.4 Å². The van der Waals surface area contributed by atoms with E-state index in [1.54, 1.807) is 17.8 Å². The molecule has 0 amide bonds. The van der Waals surface area contributed by atoms with Crippen molar-refractivity contribution in [1.29, 1.82) is 0 Å². The Bertz CT molecular complexity index is 753. The molecule has 7 nitrogen and oxygen atoms in total. The molecular formula is C14H17F3N6O. The van der Waals surface area contributed by atoms with Crippen LogP contribution in [0.3, 0.4) is 0 Å². The molecule has 24 heavy (non-hydrogen) atoms. The van der Waals surface area contributed by atoms with Gasteiger partial charge in [0.15, 0.2) is 0 Å². The van der Waals surface area contributed by atoms with E-state index in [2.05, 4.69) is 25.7 Å². The van der Waals surface area contributed by atoms with Crippen molar-refractivity contribution in [2.75, 3.05) is 30.9 Å². The monoisotopic (exact) mass is 342 g/mol. The van der Waals surface area contributed by atoms with Gasteiger partial charge in [0.05, 0.1) is 24.6 Å². The van der Waals surface area contributed by atoms with Gasteiger partial charge in [-0.3, -0.25) is 4.68 Å². The van der Waals surface area contributed by atoms with Crippen LogP contribution in [0.1, 0.15) is 18.2 Å². The molecule has 1 aliphatic rings. The summed E-state index contributed by atoms with van der Waals surface area (Å²) in [5, 5.41) is 9.78. The third-order valence-electron chi connectivity index (χ3n) is 3.86. The molecule has 0 unspecified atom stereocenters. The van der Waals surface area contributed by atoms with Crippen LogP contribution in [-0.2, 0) is 16.5 Å². The number of aromatic nitrogens is 4. The maximum Gasteiger partial charge on any atom is 0.421 e. The van der Waals surface area contributed by atoms with Crippen LogP contribution in [0.2, 0.25) is 0 Å². The smallest absolute Gasteiger partial charge is 0.376 e. The molecule has 0 aromatic carbocycles. The van der Waals surface area contributed by atoms with E-state index >= 15 is 0 Å². The fraction of sp³-hybridized carbons (Fsp3) is 0.500. The zero-order valence-electron chi connectivity index (χ0n) is 13.4. The highest BCUT2D eigenvalue weighted by Gasteiger charge is 2.37. The number of hydrogen-bond acceptors (Lipinski definition) is 6. The number of halogens is 3. The Labute approximate surface area is 136 Å². The van der Waals surface area contributed by atoms with Gasteiger partial charge in [0, 0.05) is 19.4 Å². The quantitative estimate of drug-likeness (QED) is 0.889. The van der Waals surface area contributed by atoms with Crippen LogP contribution in [-0.4, -0.2) is 40.0 Å². The van der Waals surface area contributed by atoms with E-state index in [1.165, 1.54) is 7.05 Å². The summed E-state index contributed by atoms with van der Waals surface area (Å²) in [4.78, 5) is 7.64. The van der Waals surface area contributed by atoms with E-state index < -0.39 is 11.7 Å². The van der Waals surface area contributed by atoms with Crippen LogP contribution in [0.5, 0.6) is 0 Å². The van der Waals surface area contributed by atoms with Gasteiger partial charge in [0.1, 0.15) is 16.9 Å². The van der Waals surface area contributed by atoms with Gasteiger partial charge in [-0.2, -0.15) is 23.3 Å². The van der Waals surface area contributed by atoms with Gasteiger partial charge in [-0.1, -0.05) is 0 Å². The molecule has 3 heterocycles. The molecule has 2 aromatic heterocycles. The fourth-order valence-corrected chi connectivity index (χ4v) is 2.35. The largest absolute Gasteiger partial charge is 0.421 e. The van der Waals surface area contributed by atoms with Crippen molar-refractivity contribution in [3.05, 3.63) is 23.7 Å². The number of anilines is 3. The highest BCUT2D eigenvalue weighted by molar-refractivity contribution is 5.58. The Hall–Kier alpha value is -2.36. The van der Waals surface area contributed by atoms with Crippen molar-refractivity contribution in [3.63, 3.8) is 0 Å². The third kappa shape index (κ3) is 2.88. The van der Waals surface area contributed by atoms with E-state index in [0.717, 1.165) is 6.20 Å². The van der Waals surface area contributed by atoms with Crippen LogP contribution >= 0.6 is 0 Å². The molecule has 0 spiro atoms. The predicted molar refractivity (Wildman–Crippen MR) is 81.3 cm³/mol. The van der Waals surface area contributed by atoms with E-state index in [4.69, 9.17) is 4.74 Å². The van der Waals surface area contributed by atoms with Crippen molar-refractivity contribution in [3.8, 4) is 0 Å². The average molecular weight is 342 g/mol. The lowest BCUT2D eigenvalue weighted by Gasteiger charge is -2.38. The second kappa shape index (κ2) is 5.62. The van der Waals surface area contributed by atoms with Crippen molar-refractivity contribution in [2.24, 2.45) is 0 Å². The highest BCUT2D eigenvalue weighted by Crippen LogP contribution is 2.34. The summed E-state index contributed by atoms with van der Waals surface area (Å²) in [6, 6.07) is 0. The minimum Gasteiger partial charge on any atom is -0.376 e. The van der Waals surface area contributed by atoms with Gasteiger partial charge >= 0.3 is 6.18 Å². The van der Waals surface area contributed by atoms with Gasteiger partial charge in [-0.05, 0) is 13.8 Å². The van der Waals surface area contributed by atoms with Crippen LogP contribution < -0.4 is 10.6 Å². The normalized spacial score (nSPS) is 16.6. The number of nitrogens with one attached hydrogen (secondary N) is 2. The molecule has 2 N–H and O–H groups in total. The van der Waals surface area contributed by atoms with Gasteiger partial charge in [-0.25, -0.2) is 4.98 Å². The first-order valence-electron chi connectivity index (χ1n) is 7.26. The lowest BCUT2D eigenvalue weighted by Crippen LogP contribution is -2.49. The zero-order valence-corrected chi connectivity index (χ0v) is 13.4. The number of aryl methyl sites for hydroxylation is 1.